The summed E-state index contributed by atoms with van der Waals surface area (Å²) in [6.45, 7) is 18.7. The molecule has 0 amide bonds. The number of Topliss-reactive ketones (excluding diaryl/α,β-unsaturated/α-hetero) is 2. The topological polar surface area (TPSA) is 85.1 Å². The lowest BCUT2D eigenvalue weighted by molar-refractivity contribution is 0.0938. The summed E-state index contributed by atoms with van der Waals surface area (Å²) >= 11 is 1.56. The number of carbonyl (C=O) groups is 2. The number of thiophene rings is 1. The number of aryl methyl sites for hydroxylation is 2. The van der Waals surface area contributed by atoms with E-state index in [1.165, 1.54) is 49.8 Å². The molecule has 0 radical (unpaired) electrons. The van der Waals surface area contributed by atoms with Crippen LogP contribution in [0.5, 0.6) is 0 Å². The number of nitrogens with two attached hydrogens (primary N) is 1. The summed E-state index contributed by atoms with van der Waals surface area (Å²) in [6, 6.07) is 13.7. The summed E-state index contributed by atoms with van der Waals surface area (Å²) in [6.07, 6.45) is 11.3. The number of pyridine rings is 1. The van der Waals surface area contributed by atoms with Gasteiger partial charge >= 0.3 is 0 Å². The van der Waals surface area contributed by atoms with Crippen LogP contribution in [-0.2, 0) is 12.8 Å². The molecule has 1 aliphatic carbocycles. The summed E-state index contributed by atoms with van der Waals surface area (Å²) < 4.78 is 0. The molecule has 1 aromatic carbocycles. The van der Waals surface area contributed by atoms with Crippen molar-refractivity contribution in [3.63, 3.8) is 0 Å². The number of nitrogens with zero attached hydrogens (tertiary/aromatic N) is 1. The molecule has 2 heterocycles. The molecular weight excluding hydrogens is 563 g/mol. The van der Waals surface area contributed by atoms with Crippen molar-refractivity contribution in [1.29, 1.82) is 0 Å². The lowest BCUT2D eigenvalue weighted by atomic mass is 9.95. The fourth-order valence-corrected chi connectivity index (χ4v) is 5.08. The van der Waals surface area contributed by atoms with E-state index in [2.05, 4.69) is 46.0 Å². The van der Waals surface area contributed by atoms with E-state index in [4.69, 9.17) is 10.7 Å². The van der Waals surface area contributed by atoms with Crippen molar-refractivity contribution in [2.45, 2.75) is 120 Å². The highest BCUT2D eigenvalue weighted by Gasteiger charge is 2.15. The molecule has 2 aromatic heterocycles. The molecule has 3 N–H and O–H groups in total. The zero-order valence-electron chi connectivity index (χ0n) is 29.4. The minimum Gasteiger partial charge on any atom is -0.330 e. The normalized spacial score (nSPS) is 11.5. The smallest absolute Gasteiger partial charge is 0.172 e. The van der Waals surface area contributed by atoms with E-state index in [1.807, 2.05) is 64.2 Å². The second-order valence-electron chi connectivity index (χ2n) is 12.2. The Labute approximate surface area is 273 Å². The van der Waals surface area contributed by atoms with E-state index >= 15 is 0 Å². The molecule has 1 aliphatic rings. The summed E-state index contributed by atoms with van der Waals surface area (Å²) in [5.41, 5.74) is 8.59. The molecule has 0 saturated carbocycles. The number of ketones is 2. The predicted octanol–water partition coefficient (Wildman–Crippen LogP) is 10.1. The van der Waals surface area contributed by atoms with Gasteiger partial charge in [0.1, 0.15) is 4.83 Å². The SMILES string of the molecule is CC(C)C.CC(C)C(=O)c1ccccc1.CCCC(=O)c1cc2cc3c(nc2s1)CCCC3.CCCCN.CCCCNC. The Kier molecular flexibility index (Phi) is 24.5. The maximum Gasteiger partial charge on any atom is 0.172 e. The highest BCUT2D eigenvalue weighted by molar-refractivity contribution is 7.20. The Hall–Kier alpha value is -2.41. The number of fused-ring (bicyclic) bond motifs is 2. The first-order valence-corrected chi connectivity index (χ1v) is 17.8. The predicted molar refractivity (Wildman–Crippen MR) is 194 cm³/mol. The Morgan fingerprint density at radius 1 is 0.909 bits per heavy atom. The van der Waals surface area contributed by atoms with Crippen LogP contribution in [-0.4, -0.2) is 36.7 Å². The third kappa shape index (κ3) is 18.4. The molecule has 0 aliphatic heterocycles. The average molecular weight is 626 g/mol. The van der Waals surface area contributed by atoms with Crippen molar-refractivity contribution in [2.75, 3.05) is 20.1 Å². The van der Waals surface area contributed by atoms with Gasteiger partial charge in [-0.05, 0) is 88.7 Å². The van der Waals surface area contributed by atoms with E-state index in [1.54, 1.807) is 11.3 Å². The second kappa shape index (κ2) is 25.9. The third-order valence-corrected chi connectivity index (χ3v) is 7.55. The summed E-state index contributed by atoms with van der Waals surface area (Å²) in [7, 11) is 1.98. The summed E-state index contributed by atoms with van der Waals surface area (Å²) in [5.74, 6) is 1.40. The molecule has 0 saturated heterocycles. The van der Waals surface area contributed by atoms with Crippen molar-refractivity contribution in [2.24, 2.45) is 17.6 Å². The largest absolute Gasteiger partial charge is 0.330 e. The Morgan fingerprint density at radius 2 is 1.52 bits per heavy atom. The standard InChI is InChI=1S/C15H17NOS.C10H12O.C5H13N.C4H11N.C4H10/c1-2-5-13(17)14-9-11-8-10-6-3-4-7-12(10)16-15(11)18-14;1-8(2)10(11)9-6-4-3-5-7-9;1-3-4-5-6-2;1-2-3-4-5;1-4(2)3/h8-9H,2-7H2,1H3;3-8H,1-2H3;6H,3-5H2,1-2H3;2-5H2,1H3;4H,1-3H3. The Balaban J connectivity index is 0.000000607. The van der Waals surface area contributed by atoms with Gasteiger partial charge in [-0.1, -0.05) is 98.6 Å². The van der Waals surface area contributed by atoms with Crippen LogP contribution in [0, 0.1) is 11.8 Å². The molecule has 0 spiro atoms. The van der Waals surface area contributed by atoms with Crippen molar-refractivity contribution in [3.05, 3.63) is 64.2 Å². The van der Waals surface area contributed by atoms with E-state index in [-0.39, 0.29) is 17.5 Å². The van der Waals surface area contributed by atoms with Gasteiger partial charge in [0.05, 0.1) is 4.88 Å². The number of benzene rings is 1. The number of carbonyl (C=O) groups excluding carboxylic acids is 2. The van der Waals surface area contributed by atoms with Gasteiger partial charge in [0.2, 0.25) is 0 Å². The molecule has 0 bridgehead atoms. The molecule has 0 unspecified atom stereocenters. The summed E-state index contributed by atoms with van der Waals surface area (Å²) in [4.78, 5) is 29.9. The van der Waals surface area contributed by atoms with Gasteiger partial charge < -0.3 is 11.1 Å². The van der Waals surface area contributed by atoms with Crippen LogP contribution in [0.2, 0.25) is 0 Å². The molecule has 4 rings (SSSR count). The average Bonchev–Trinajstić information content (AvgIpc) is 3.43. The fourth-order valence-electron chi connectivity index (χ4n) is 4.07. The van der Waals surface area contributed by atoms with Crippen LogP contribution in [0.15, 0.2) is 42.5 Å². The van der Waals surface area contributed by atoms with Crippen molar-refractivity contribution >= 4 is 33.1 Å². The maximum atomic E-state index is 11.9. The van der Waals surface area contributed by atoms with E-state index in [0.717, 1.165) is 58.9 Å². The van der Waals surface area contributed by atoms with Crippen LogP contribution in [0.3, 0.4) is 0 Å². The molecule has 5 nitrogen and oxygen atoms in total. The van der Waals surface area contributed by atoms with Gasteiger partial charge in [-0.3, -0.25) is 9.59 Å². The second-order valence-corrected chi connectivity index (χ2v) is 13.2. The zero-order valence-corrected chi connectivity index (χ0v) is 30.2. The van der Waals surface area contributed by atoms with Gasteiger partial charge in [-0.15, -0.1) is 11.3 Å². The van der Waals surface area contributed by atoms with Gasteiger partial charge in [-0.25, -0.2) is 4.98 Å². The van der Waals surface area contributed by atoms with Gasteiger partial charge in [-0.2, -0.15) is 0 Å². The molecule has 6 heteroatoms. The zero-order chi connectivity index (χ0) is 33.3. The van der Waals surface area contributed by atoms with E-state index in [9.17, 15) is 9.59 Å². The first-order chi connectivity index (χ1) is 21.1. The van der Waals surface area contributed by atoms with Crippen molar-refractivity contribution in [3.8, 4) is 0 Å². The summed E-state index contributed by atoms with van der Waals surface area (Å²) in [5, 5.41) is 4.22. The minimum atomic E-state index is 0.0948. The lowest BCUT2D eigenvalue weighted by Gasteiger charge is -2.13. The number of rotatable bonds is 10. The third-order valence-electron chi connectivity index (χ3n) is 6.46. The number of nitrogens with one attached hydrogen (secondary N) is 1. The highest BCUT2D eigenvalue weighted by Crippen LogP contribution is 2.30. The molecule has 0 atom stereocenters. The van der Waals surface area contributed by atoms with Gasteiger partial charge in [0.25, 0.3) is 0 Å². The number of hydrogen-bond acceptors (Lipinski definition) is 6. The maximum absolute atomic E-state index is 11.9. The van der Waals surface area contributed by atoms with Crippen LogP contribution in [0.4, 0.5) is 0 Å². The molecule has 0 fully saturated rings. The Morgan fingerprint density at radius 3 is 2.00 bits per heavy atom. The van der Waals surface area contributed by atoms with Crippen LogP contribution >= 0.6 is 11.3 Å². The van der Waals surface area contributed by atoms with Crippen molar-refractivity contribution in [1.82, 2.24) is 10.3 Å². The fraction of sp³-hybridized carbons (Fsp3) is 0.605. The van der Waals surface area contributed by atoms with Crippen LogP contribution in [0.25, 0.3) is 10.2 Å². The molecular formula is C38H63N3O2S. The number of unbranched alkanes of at least 4 members (excludes halogenated alkanes) is 2. The minimum absolute atomic E-state index is 0.0948. The van der Waals surface area contributed by atoms with Gasteiger partial charge in [0.15, 0.2) is 11.6 Å². The van der Waals surface area contributed by atoms with Crippen LogP contribution < -0.4 is 11.1 Å². The van der Waals surface area contributed by atoms with Gasteiger partial charge in [0, 0.05) is 29.0 Å². The van der Waals surface area contributed by atoms with Crippen LogP contribution in [0.1, 0.15) is 138 Å². The molecule has 248 valence electrons. The van der Waals surface area contributed by atoms with Crippen molar-refractivity contribution < 1.29 is 9.59 Å². The first kappa shape index (κ1) is 41.6. The number of hydrogen-bond donors (Lipinski definition) is 2. The number of aromatic nitrogens is 1. The molecule has 44 heavy (non-hydrogen) atoms. The molecule has 3 aromatic rings. The van der Waals surface area contributed by atoms with E-state index < -0.39 is 0 Å². The quantitative estimate of drug-likeness (QED) is 0.173. The van der Waals surface area contributed by atoms with E-state index in [0.29, 0.717) is 6.42 Å². The highest BCUT2D eigenvalue weighted by atomic mass is 32.1. The lowest BCUT2D eigenvalue weighted by Crippen LogP contribution is -2.06. The Bertz CT molecular complexity index is 1100. The monoisotopic (exact) mass is 625 g/mol. The first-order valence-electron chi connectivity index (χ1n) is 16.9.